The number of amides is 1. The lowest BCUT2D eigenvalue weighted by Crippen LogP contribution is -2.60. The first-order valence-corrected chi connectivity index (χ1v) is 20.0. The fourth-order valence-electron chi connectivity index (χ4n) is 5.84. The smallest absolute Gasteiger partial charge is 0.249 e. The average Bonchev–Trinajstić information content (AvgIpc) is 3.13. The number of rotatable bonds is 31. The van der Waals surface area contributed by atoms with Gasteiger partial charge in [0.25, 0.3) is 0 Å². The van der Waals surface area contributed by atoms with Crippen molar-refractivity contribution in [1.82, 2.24) is 5.32 Å². The fourth-order valence-corrected chi connectivity index (χ4v) is 5.84. The van der Waals surface area contributed by atoms with Crippen molar-refractivity contribution in [2.75, 3.05) is 13.2 Å². The molecule has 0 aromatic heterocycles. The summed E-state index contributed by atoms with van der Waals surface area (Å²) < 4.78 is 11.1. The summed E-state index contributed by atoms with van der Waals surface area (Å²) in [5, 5.41) is 64.2. The van der Waals surface area contributed by atoms with Crippen molar-refractivity contribution >= 4 is 5.91 Å². The van der Waals surface area contributed by atoms with Gasteiger partial charge >= 0.3 is 0 Å². The Bertz CT molecular complexity index is 953. The Morgan fingerprint density at radius 2 is 1.20 bits per heavy atom. The van der Waals surface area contributed by atoms with Gasteiger partial charge in [-0.15, -0.1) is 0 Å². The van der Waals surface area contributed by atoms with E-state index in [1.165, 1.54) is 44.9 Å². The topological polar surface area (TPSA) is 169 Å². The number of aliphatic hydroxyl groups is 6. The maximum Gasteiger partial charge on any atom is 0.249 e. The molecule has 1 aliphatic rings. The summed E-state index contributed by atoms with van der Waals surface area (Å²) in [5.41, 5.74) is 0. The van der Waals surface area contributed by atoms with Crippen LogP contribution in [-0.4, -0.2) is 98.7 Å². The minimum absolute atomic E-state index is 0.285. The Hall–Kier alpha value is -1.89. The number of allylic oxidation sites excluding steroid dienone is 7. The lowest BCUT2D eigenvalue weighted by molar-refractivity contribution is -0.302. The van der Waals surface area contributed by atoms with Crippen LogP contribution in [0.5, 0.6) is 0 Å². The third kappa shape index (κ3) is 22.7. The number of ether oxygens (including phenoxy) is 2. The maximum atomic E-state index is 12.9. The molecule has 0 saturated carbocycles. The SMILES string of the molecule is CCC/C=C/CC/C=C/CC/C=C/C(O)C(COC1OC(CO)C(O)C(O)C1O)NC(=O)C(O)CCCCCC/C=C\CCCCCCCCC. The highest BCUT2D eigenvalue weighted by molar-refractivity contribution is 5.80. The van der Waals surface area contributed by atoms with Crippen molar-refractivity contribution in [3.63, 3.8) is 0 Å². The number of carbonyl (C=O) groups excluding carboxylic acids is 1. The molecule has 8 unspecified atom stereocenters. The highest BCUT2D eigenvalue weighted by Crippen LogP contribution is 2.22. The quantitative estimate of drug-likeness (QED) is 0.0331. The highest BCUT2D eigenvalue weighted by Gasteiger charge is 2.44. The molecule has 0 aromatic carbocycles. The predicted molar refractivity (Wildman–Crippen MR) is 204 cm³/mol. The van der Waals surface area contributed by atoms with E-state index in [2.05, 4.69) is 55.6 Å². The summed E-state index contributed by atoms with van der Waals surface area (Å²) in [5.74, 6) is -0.644. The highest BCUT2D eigenvalue weighted by atomic mass is 16.7. The van der Waals surface area contributed by atoms with Gasteiger partial charge in [0.05, 0.1) is 25.4 Å². The van der Waals surface area contributed by atoms with Crippen molar-refractivity contribution in [1.29, 1.82) is 0 Å². The van der Waals surface area contributed by atoms with Crippen LogP contribution in [0.4, 0.5) is 0 Å². The van der Waals surface area contributed by atoms with E-state index in [-0.39, 0.29) is 13.0 Å². The van der Waals surface area contributed by atoms with Crippen LogP contribution in [0.15, 0.2) is 48.6 Å². The largest absolute Gasteiger partial charge is 0.394 e. The molecule has 7 N–H and O–H groups in total. The fraction of sp³-hybridized carbons (Fsp3) is 0.780. The first-order valence-electron chi connectivity index (χ1n) is 20.0. The second-order valence-corrected chi connectivity index (χ2v) is 13.8. The van der Waals surface area contributed by atoms with Crippen molar-refractivity contribution in [2.45, 2.75) is 191 Å². The van der Waals surface area contributed by atoms with E-state index in [9.17, 15) is 35.4 Å². The number of hydrogen-bond acceptors (Lipinski definition) is 9. The zero-order valence-electron chi connectivity index (χ0n) is 31.7. The van der Waals surface area contributed by atoms with Gasteiger partial charge in [-0.25, -0.2) is 0 Å². The predicted octanol–water partition coefficient (Wildman–Crippen LogP) is 6.08. The number of carbonyl (C=O) groups is 1. The number of nitrogens with one attached hydrogen (secondary N) is 1. The molecule has 1 amide bonds. The van der Waals surface area contributed by atoms with Gasteiger partial charge in [0.15, 0.2) is 6.29 Å². The molecule has 296 valence electrons. The zero-order valence-corrected chi connectivity index (χ0v) is 31.7. The second kappa shape index (κ2) is 31.6. The summed E-state index contributed by atoms with van der Waals surface area (Å²) in [7, 11) is 0. The van der Waals surface area contributed by atoms with E-state index in [1.54, 1.807) is 6.08 Å². The third-order valence-corrected chi connectivity index (χ3v) is 9.19. The zero-order chi connectivity index (χ0) is 37.5. The monoisotopic (exact) mass is 724 g/mol. The average molecular weight is 724 g/mol. The van der Waals surface area contributed by atoms with E-state index in [4.69, 9.17) is 9.47 Å². The van der Waals surface area contributed by atoms with E-state index in [0.717, 1.165) is 64.2 Å². The van der Waals surface area contributed by atoms with Crippen molar-refractivity contribution in [3.8, 4) is 0 Å². The molecule has 1 saturated heterocycles. The molecule has 1 aliphatic heterocycles. The van der Waals surface area contributed by atoms with Gasteiger partial charge in [-0.05, 0) is 64.2 Å². The molecule has 0 aromatic rings. The van der Waals surface area contributed by atoms with Crippen LogP contribution in [0.2, 0.25) is 0 Å². The lowest BCUT2D eigenvalue weighted by atomic mass is 9.99. The Morgan fingerprint density at radius 1 is 0.667 bits per heavy atom. The summed E-state index contributed by atoms with van der Waals surface area (Å²) in [6, 6.07) is -1.01. The van der Waals surface area contributed by atoms with Gasteiger partial charge in [0.2, 0.25) is 5.91 Å². The number of unbranched alkanes of at least 4 members (excludes halogenated alkanes) is 14. The lowest BCUT2D eigenvalue weighted by Gasteiger charge is -2.40. The van der Waals surface area contributed by atoms with Crippen LogP contribution in [0.25, 0.3) is 0 Å². The normalized spacial score (nSPS) is 23.2. The van der Waals surface area contributed by atoms with Gasteiger partial charge < -0.3 is 45.4 Å². The minimum Gasteiger partial charge on any atom is -0.394 e. The molecule has 0 aliphatic carbocycles. The molecular formula is C41H73NO9. The molecule has 0 bridgehead atoms. The van der Waals surface area contributed by atoms with Crippen LogP contribution >= 0.6 is 0 Å². The first kappa shape index (κ1) is 47.1. The van der Waals surface area contributed by atoms with Gasteiger partial charge in [0, 0.05) is 0 Å². The summed E-state index contributed by atoms with van der Waals surface area (Å²) in [6.45, 7) is 3.46. The Balaban J connectivity index is 2.53. The van der Waals surface area contributed by atoms with Crippen LogP contribution in [0, 0.1) is 0 Å². The van der Waals surface area contributed by atoms with Gasteiger partial charge in [-0.1, -0.05) is 127 Å². The molecule has 1 heterocycles. The van der Waals surface area contributed by atoms with Crippen molar-refractivity contribution in [2.24, 2.45) is 0 Å². The minimum atomic E-state index is -1.62. The van der Waals surface area contributed by atoms with E-state index < -0.39 is 61.5 Å². The Morgan fingerprint density at radius 3 is 1.78 bits per heavy atom. The number of aliphatic hydroxyl groups excluding tert-OH is 6. The molecule has 0 radical (unpaired) electrons. The van der Waals surface area contributed by atoms with Gasteiger partial charge in [-0.3, -0.25) is 4.79 Å². The third-order valence-electron chi connectivity index (χ3n) is 9.19. The molecule has 8 atom stereocenters. The van der Waals surface area contributed by atoms with Gasteiger partial charge in [0.1, 0.15) is 30.5 Å². The van der Waals surface area contributed by atoms with Crippen LogP contribution in [0.1, 0.15) is 142 Å². The molecule has 0 spiro atoms. The molecule has 10 heteroatoms. The molecule has 1 rings (SSSR count). The van der Waals surface area contributed by atoms with E-state index in [0.29, 0.717) is 12.8 Å². The second-order valence-electron chi connectivity index (χ2n) is 13.8. The van der Waals surface area contributed by atoms with Crippen molar-refractivity contribution < 1.29 is 44.9 Å². The Labute approximate surface area is 308 Å². The summed E-state index contributed by atoms with van der Waals surface area (Å²) in [6.07, 6.45) is 27.8. The number of hydrogen-bond donors (Lipinski definition) is 7. The van der Waals surface area contributed by atoms with Crippen LogP contribution in [0.3, 0.4) is 0 Å². The molecular weight excluding hydrogens is 650 g/mol. The standard InChI is InChI=1S/C41H73NO9/c1-3-5-7-9-11-13-15-16-17-18-20-22-24-26-28-30-35(45)40(49)42-33(32-50-41-39(48)38(47)37(46)36(31-43)51-41)34(44)29-27-25-23-21-19-14-12-10-8-6-4-2/h8,10,17-19,21,27,29,33-39,41,43-48H,3-7,9,11-16,20,22-26,28,30-32H2,1-2H3,(H,42,49)/b10-8+,18-17-,21-19+,29-27+. The van der Waals surface area contributed by atoms with Crippen molar-refractivity contribution in [3.05, 3.63) is 48.6 Å². The maximum absolute atomic E-state index is 12.9. The summed E-state index contributed by atoms with van der Waals surface area (Å²) >= 11 is 0. The van der Waals surface area contributed by atoms with Gasteiger partial charge in [-0.2, -0.15) is 0 Å². The van der Waals surface area contributed by atoms with Crippen LogP contribution < -0.4 is 5.32 Å². The van der Waals surface area contributed by atoms with E-state index >= 15 is 0 Å². The van der Waals surface area contributed by atoms with E-state index in [1.807, 2.05) is 6.08 Å². The van der Waals surface area contributed by atoms with Crippen LogP contribution in [-0.2, 0) is 14.3 Å². The Kier molecular flexibility index (Phi) is 29.2. The summed E-state index contributed by atoms with van der Waals surface area (Å²) in [4.78, 5) is 12.9. The first-order chi connectivity index (χ1) is 24.8. The molecule has 51 heavy (non-hydrogen) atoms. The molecule has 1 fully saturated rings. The molecule has 10 nitrogen and oxygen atoms in total.